The van der Waals surface area contributed by atoms with Crippen LogP contribution >= 0.6 is 0 Å². The Bertz CT molecular complexity index is 623. The summed E-state index contributed by atoms with van der Waals surface area (Å²) >= 11 is 0. The number of carbonyl (C=O) groups excluding carboxylic acids is 1. The minimum atomic E-state index is -1.13. The highest BCUT2D eigenvalue weighted by molar-refractivity contribution is 5.93. The number of hydrogen-bond acceptors (Lipinski definition) is 6. The zero-order valence-corrected chi connectivity index (χ0v) is 17.8. The summed E-state index contributed by atoms with van der Waals surface area (Å²) in [6.07, 6.45) is 7.24. The van der Waals surface area contributed by atoms with E-state index in [-0.39, 0.29) is 36.9 Å². The van der Waals surface area contributed by atoms with Crippen LogP contribution in [0.3, 0.4) is 0 Å². The summed E-state index contributed by atoms with van der Waals surface area (Å²) in [7, 11) is 0. The molecule has 0 saturated carbocycles. The summed E-state index contributed by atoms with van der Waals surface area (Å²) in [4.78, 5) is 32.2. The van der Waals surface area contributed by atoms with Gasteiger partial charge in [-0.25, -0.2) is 9.59 Å². The van der Waals surface area contributed by atoms with Crippen molar-refractivity contribution >= 4 is 17.9 Å². The molecule has 0 saturated heterocycles. The molecule has 0 unspecified atom stereocenters. The Hall–Kier alpha value is -2.45. The van der Waals surface area contributed by atoms with Gasteiger partial charge < -0.3 is 25.2 Å². The van der Waals surface area contributed by atoms with Crippen LogP contribution in [0.15, 0.2) is 24.3 Å². The van der Waals surface area contributed by atoms with Gasteiger partial charge in [0, 0.05) is 11.8 Å². The Morgan fingerprint density at radius 1 is 0.900 bits per heavy atom. The quantitative estimate of drug-likeness (QED) is 0.278. The highest BCUT2D eigenvalue weighted by Crippen LogP contribution is 2.15. The van der Waals surface area contributed by atoms with Gasteiger partial charge >= 0.3 is 17.9 Å². The molecule has 0 aliphatic heterocycles. The van der Waals surface area contributed by atoms with Gasteiger partial charge in [0.15, 0.2) is 0 Å². The maximum absolute atomic E-state index is 11.4. The Morgan fingerprint density at radius 3 is 1.87 bits per heavy atom. The standard InChI is InChI=1S/C14H28O4.C8H6O4/c1-3-4-5-6-7-8-9-13(17)18-12-14(2,10-15)11-16;9-7(10)5-2-1-3-6(4-5)8(11)12/h15-16H,3-12H2,1-2H3;1-4H,(H,9,10)(H,11,12). The van der Waals surface area contributed by atoms with Gasteiger partial charge in [0.25, 0.3) is 0 Å². The zero-order valence-electron chi connectivity index (χ0n) is 17.8. The molecule has 0 aromatic heterocycles. The third kappa shape index (κ3) is 12.2. The van der Waals surface area contributed by atoms with E-state index >= 15 is 0 Å². The second-order valence-corrected chi connectivity index (χ2v) is 7.50. The molecule has 0 aliphatic rings. The van der Waals surface area contributed by atoms with Gasteiger partial charge in [0.2, 0.25) is 0 Å². The molecule has 0 heterocycles. The van der Waals surface area contributed by atoms with Crippen molar-refractivity contribution in [3.63, 3.8) is 0 Å². The van der Waals surface area contributed by atoms with Gasteiger partial charge in [-0.3, -0.25) is 4.79 Å². The third-order valence-corrected chi connectivity index (χ3v) is 4.44. The van der Waals surface area contributed by atoms with Crippen molar-refractivity contribution in [2.75, 3.05) is 19.8 Å². The van der Waals surface area contributed by atoms with Crippen molar-refractivity contribution in [2.45, 2.75) is 58.8 Å². The number of aromatic carboxylic acids is 2. The van der Waals surface area contributed by atoms with Crippen LogP contribution in [0.25, 0.3) is 0 Å². The van der Waals surface area contributed by atoms with E-state index in [1.165, 1.54) is 43.9 Å². The summed E-state index contributed by atoms with van der Waals surface area (Å²) in [5, 5.41) is 35.1. The first-order chi connectivity index (χ1) is 14.2. The van der Waals surface area contributed by atoms with Gasteiger partial charge in [0.05, 0.1) is 24.3 Å². The fourth-order valence-corrected chi connectivity index (χ4v) is 2.30. The summed E-state index contributed by atoms with van der Waals surface area (Å²) in [5.41, 5.74) is -0.763. The van der Waals surface area contributed by atoms with Crippen molar-refractivity contribution in [2.24, 2.45) is 5.41 Å². The van der Waals surface area contributed by atoms with Gasteiger partial charge in [0.1, 0.15) is 6.61 Å². The largest absolute Gasteiger partial charge is 0.478 e. The lowest BCUT2D eigenvalue weighted by Crippen LogP contribution is -2.32. The molecule has 1 rings (SSSR count). The first-order valence-electron chi connectivity index (χ1n) is 10.1. The van der Waals surface area contributed by atoms with Crippen molar-refractivity contribution in [3.8, 4) is 0 Å². The molecule has 1 aromatic carbocycles. The molecule has 0 atom stereocenters. The summed E-state index contributed by atoms with van der Waals surface area (Å²) < 4.78 is 5.06. The van der Waals surface area contributed by atoms with Crippen molar-refractivity contribution in [1.29, 1.82) is 0 Å². The monoisotopic (exact) mass is 426 g/mol. The number of unbranched alkanes of at least 4 members (excludes halogenated alkanes) is 5. The van der Waals surface area contributed by atoms with Crippen LogP contribution in [0.2, 0.25) is 0 Å². The molecule has 0 fully saturated rings. The number of hydrogen-bond donors (Lipinski definition) is 4. The molecular formula is C22H34O8. The van der Waals surface area contributed by atoms with Crippen LogP contribution in [-0.2, 0) is 9.53 Å². The molecule has 8 nitrogen and oxygen atoms in total. The van der Waals surface area contributed by atoms with Crippen LogP contribution in [0.1, 0.15) is 79.5 Å². The average Bonchev–Trinajstić information content (AvgIpc) is 2.75. The molecule has 4 N–H and O–H groups in total. The number of aliphatic hydroxyl groups is 2. The lowest BCUT2D eigenvalue weighted by atomic mass is 9.94. The Balaban J connectivity index is 0.000000604. The van der Waals surface area contributed by atoms with Crippen molar-refractivity contribution in [1.82, 2.24) is 0 Å². The van der Waals surface area contributed by atoms with Crippen LogP contribution in [0.5, 0.6) is 0 Å². The van der Waals surface area contributed by atoms with Gasteiger partial charge in [-0.1, -0.05) is 52.0 Å². The van der Waals surface area contributed by atoms with Crippen LogP contribution in [0.4, 0.5) is 0 Å². The van der Waals surface area contributed by atoms with Crippen molar-refractivity contribution < 1.29 is 39.5 Å². The fraction of sp³-hybridized carbons (Fsp3) is 0.591. The van der Waals surface area contributed by atoms with E-state index < -0.39 is 17.4 Å². The van der Waals surface area contributed by atoms with E-state index in [0.717, 1.165) is 18.9 Å². The Kier molecular flexibility index (Phi) is 14.1. The molecule has 0 spiro atoms. The highest BCUT2D eigenvalue weighted by atomic mass is 16.5. The minimum Gasteiger partial charge on any atom is -0.478 e. The van der Waals surface area contributed by atoms with Crippen molar-refractivity contribution in [3.05, 3.63) is 35.4 Å². The number of benzene rings is 1. The van der Waals surface area contributed by atoms with E-state index in [1.54, 1.807) is 6.92 Å². The summed E-state index contributed by atoms with van der Waals surface area (Å²) in [6.45, 7) is 3.57. The maximum Gasteiger partial charge on any atom is 0.335 e. The van der Waals surface area contributed by atoms with Gasteiger partial charge in [-0.05, 0) is 24.6 Å². The zero-order chi connectivity index (χ0) is 23.0. The van der Waals surface area contributed by atoms with Gasteiger partial charge in [-0.15, -0.1) is 0 Å². The normalized spacial score (nSPS) is 10.7. The summed E-state index contributed by atoms with van der Waals surface area (Å²) in [5.74, 6) is -2.49. The Labute approximate surface area is 177 Å². The second kappa shape index (κ2) is 15.4. The minimum absolute atomic E-state index is 0.0186. The highest BCUT2D eigenvalue weighted by Gasteiger charge is 2.24. The summed E-state index contributed by atoms with van der Waals surface area (Å²) in [6, 6.07) is 5.20. The molecule has 170 valence electrons. The van der Waals surface area contributed by atoms with Crippen LogP contribution in [-0.4, -0.2) is 58.2 Å². The predicted octanol–water partition coefficient (Wildman–Crippen LogP) is 3.35. The number of rotatable bonds is 13. The third-order valence-electron chi connectivity index (χ3n) is 4.44. The topological polar surface area (TPSA) is 141 Å². The van der Waals surface area contributed by atoms with Gasteiger partial charge in [-0.2, -0.15) is 0 Å². The lowest BCUT2D eigenvalue weighted by Gasteiger charge is -2.23. The number of carbonyl (C=O) groups is 3. The van der Waals surface area contributed by atoms with E-state index in [1.807, 2.05) is 0 Å². The van der Waals surface area contributed by atoms with E-state index in [4.69, 9.17) is 25.2 Å². The molecular weight excluding hydrogens is 392 g/mol. The molecule has 0 radical (unpaired) electrons. The molecule has 0 amide bonds. The fourth-order valence-electron chi connectivity index (χ4n) is 2.30. The van der Waals surface area contributed by atoms with E-state index in [9.17, 15) is 14.4 Å². The Morgan fingerprint density at radius 2 is 1.40 bits per heavy atom. The first kappa shape index (κ1) is 27.5. The molecule has 0 aliphatic carbocycles. The van der Waals surface area contributed by atoms with E-state index in [2.05, 4.69) is 6.92 Å². The second-order valence-electron chi connectivity index (χ2n) is 7.50. The van der Waals surface area contributed by atoms with Crippen LogP contribution < -0.4 is 0 Å². The molecule has 8 heteroatoms. The smallest absolute Gasteiger partial charge is 0.335 e. The molecule has 30 heavy (non-hydrogen) atoms. The number of carboxylic acids is 2. The number of aliphatic hydroxyl groups excluding tert-OH is 2. The molecule has 1 aromatic rings. The first-order valence-corrected chi connectivity index (χ1v) is 10.1. The lowest BCUT2D eigenvalue weighted by molar-refractivity contribution is -0.149. The number of ether oxygens (including phenoxy) is 1. The van der Waals surface area contributed by atoms with E-state index in [0.29, 0.717) is 6.42 Å². The SMILES string of the molecule is CCCCCCCCC(=O)OCC(C)(CO)CO.O=C(O)c1cccc(C(=O)O)c1. The number of esters is 1. The maximum atomic E-state index is 11.4. The predicted molar refractivity (Wildman–Crippen MR) is 112 cm³/mol. The molecule has 0 bridgehead atoms. The number of carboxylic acid groups (broad SMARTS) is 2. The average molecular weight is 427 g/mol. The van der Waals surface area contributed by atoms with Crippen LogP contribution in [0, 0.1) is 5.41 Å².